The zero-order valence-electron chi connectivity index (χ0n) is 18.5. The van der Waals surface area contributed by atoms with E-state index in [1.165, 1.54) is 25.2 Å². The summed E-state index contributed by atoms with van der Waals surface area (Å²) >= 11 is 0. The summed E-state index contributed by atoms with van der Waals surface area (Å²) in [5.41, 5.74) is -1.27. The Labute approximate surface area is 196 Å². The molecule has 10 heteroatoms. The first-order chi connectivity index (χ1) is 16.5. The molecule has 10 nitrogen and oxygen atoms in total. The van der Waals surface area contributed by atoms with Gasteiger partial charge in [-0.3, -0.25) is 10.1 Å². The van der Waals surface area contributed by atoms with Crippen LogP contribution in [0.4, 0.5) is 5.95 Å². The van der Waals surface area contributed by atoms with E-state index < -0.39 is 17.7 Å². The smallest absolute Gasteiger partial charge is 0.348 e. The highest BCUT2D eigenvalue weighted by molar-refractivity contribution is 5.89. The molecule has 0 radical (unpaired) electrons. The van der Waals surface area contributed by atoms with Crippen LogP contribution >= 0.6 is 0 Å². The maximum absolute atomic E-state index is 13.5. The first kappa shape index (κ1) is 22.2. The van der Waals surface area contributed by atoms with E-state index in [1.54, 1.807) is 30.3 Å². The van der Waals surface area contributed by atoms with Crippen molar-refractivity contribution in [2.75, 3.05) is 31.5 Å². The SMILES string of the molecule is O=C(C[N+]12CCC(CC1)[C@@H](OC(=O)C(O)(c1ccccc1)c1ccoc1)C2)Nc1ncncn1. The third-order valence-electron chi connectivity index (χ3n) is 6.95. The maximum atomic E-state index is 13.5. The number of rotatable bonds is 7. The summed E-state index contributed by atoms with van der Waals surface area (Å²) in [6, 6.07) is 10.3. The quantitative estimate of drug-likeness (QED) is 0.398. The Hall–Kier alpha value is -3.63. The molecule has 2 aromatic heterocycles. The van der Waals surface area contributed by atoms with Gasteiger partial charge in [0.05, 0.1) is 25.6 Å². The number of piperidine rings is 3. The van der Waals surface area contributed by atoms with Crippen molar-refractivity contribution >= 4 is 17.8 Å². The van der Waals surface area contributed by atoms with Gasteiger partial charge < -0.3 is 18.7 Å². The second-order valence-electron chi connectivity index (χ2n) is 9.01. The fraction of sp³-hybridized carbons (Fsp3) is 0.375. The van der Waals surface area contributed by atoms with E-state index in [-0.39, 0.29) is 24.3 Å². The molecule has 1 aromatic carbocycles. The molecule has 2 N–H and O–H groups in total. The molecule has 1 unspecified atom stereocenters. The number of fused-ring (bicyclic) bond motifs is 3. The van der Waals surface area contributed by atoms with Crippen LogP contribution in [0.1, 0.15) is 24.0 Å². The summed E-state index contributed by atoms with van der Waals surface area (Å²) in [7, 11) is 0. The summed E-state index contributed by atoms with van der Waals surface area (Å²) in [5.74, 6) is -0.538. The summed E-state index contributed by atoms with van der Waals surface area (Å²) in [6.45, 7) is 2.40. The number of quaternary nitrogens is 1. The van der Waals surface area contributed by atoms with Crippen molar-refractivity contribution in [1.29, 1.82) is 0 Å². The van der Waals surface area contributed by atoms with Crippen molar-refractivity contribution in [2.24, 2.45) is 5.92 Å². The fourth-order valence-electron chi connectivity index (χ4n) is 5.12. The zero-order valence-corrected chi connectivity index (χ0v) is 18.5. The van der Waals surface area contributed by atoms with E-state index in [0.29, 0.717) is 22.2 Å². The van der Waals surface area contributed by atoms with Gasteiger partial charge in [-0.15, -0.1) is 0 Å². The Morgan fingerprint density at radius 1 is 1.12 bits per heavy atom. The van der Waals surface area contributed by atoms with E-state index in [0.717, 1.165) is 25.9 Å². The molecule has 5 heterocycles. The van der Waals surface area contributed by atoms with Crippen LogP contribution in [0, 0.1) is 5.92 Å². The molecular weight excluding hydrogens is 438 g/mol. The minimum absolute atomic E-state index is 0.194. The summed E-state index contributed by atoms with van der Waals surface area (Å²) in [5, 5.41) is 14.3. The minimum Gasteiger partial charge on any atom is -0.472 e. The Bertz CT molecular complexity index is 1130. The van der Waals surface area contributed by atoms with Gasteiger partial charge in [-0.05, 0) is 11.6 Å². The van der Waals surface area contributed by atoms with Crippen LogP contribution in [0.25, 0.3) is 0 Å². The third-order valence-corrected chi connectivity index (χ3v) is 6.95. The van der Waals surface area contributed by atoms with Crippen LogP contribution < -0.4 is 5.32 Å². The van der Waals surface area contributed by atoms with Gasteiger partial charge in [-0.25, -0.2) is 19.7 Å². The molecule has 2 bridgehead atoms. The number of aromatic nitrogens is 3. The second kappa shape index (κ2) is 8.96. The van der Waals surface area contributed by atoms with Gasteiger partial charge in [0.25, 0.3) is 5.91 Å². The number of carbonyl (C=O) groups excluding carboxylic acids is 2. The number of ether oxygens (including phenoxy) is 1. The summed E-state index contributed by atoms with van der Waals surface area (Å²) < 4.78 is 11.6. The molecule has 2 atom stereocenters. The number of amides is 1. The number of hydrogen-bond donors (Lipinski definition) is 2. The van der Waals surface area contributed by atoms with E-state index in [4.69, 9.17) is 9.15 Å². The lowest BCUT2D eigenvalue weighted by molar-refractivity contribution is -0.939. The predicted octanol–water partition coefficient (Wildman–Crippen LogP) is 1.49. The second-order valence-corrected chi connectivity index (χ2v) is 9.01. The number of aliphatic hydroxyl groups is 1. The normalized spacial score (nSPS) is 25.3. The van der Waals surface area contributed by atoms with Crippen LogP contribution in [0.2, 0.25) is 0 Å². The number of anilines is 1. The Morgan fingerprint density at radius 2 is 1.85 bits per heavy atom. The van der Waals surface area contributed by atoms with Gasteiger partial charge in [0.2, 0.25) is 11.5 Å². The molecule has 3 fully saturated rings. The molecule has 6 rings (SSSR count). The Morgan fingerprint density at radius 3 is 2.53 bits per heavy atom. The van der Waals surface area contributed by atoms with Crippen molar-refractivity contribution < 1.29 is 28.3 Å². The predicted molar refractivity (Wildman–Crippen MR) is 119 cm³/mol. The Balaban J connectivity index is 1.32. The van der Waals surface area contributed by atoms with Gasteiger partial charge in [0.1, 0.15) is 19.2 Å². The summed E-state index contributed by atoms with van der Waals surface area (Å²) in [6.07, 6.45) is 6.69. The number of nitrogens with zero attached hydrogens (tertiary/aromatic N) is 4. The number of furan rings is 1. The first-order valence-electron chi connectivity index (χ1n) is 11.3. The van der Waals surface area contributed by atoms with Crippen LogP contribution in [-0.4, -0.2) is 68.7 Å². The third kappa shape index (κ3) is 4.17. The van der Waals surface area contributed by atoms with E-state index in [1.807, 2.05) is 6.07 Å². The van der Waals surface area contributed by atoms with Crippen molar-refractivity contribution in [3.05, 3.63) is 72.7 Å². The number of benzene rings is 1. The maximum Gasteiger partial charge on any atom is 0.348 e. The lowest BCUT2D eigenvalue weighted by atomic mass is 9.82. The standard InChI is InChI=1S/C24H25N5O5/c30-21(28-23-26-15-25-16-27-23)13-29-9-6-17(7-10-29)20(12-29)34-22(31)24(32,19-8-11-33-14-19)18-4-2-1-3-5-18/h1-5,8,11,14-17,20,32H,6-7,9-10,12-13H2/p+1/t17?,20-,24?,29?/m0/s1. The molecule has 3 aliphatic heterocycles. The molecule has 0 spiro atoms. The topological polar surface area (TPSA) is 127 Å². The van der Waals surface area contributed by atoms with Gasteiger partial charge in [0.15, 0.2) is 12.6 Å². The molecule has 0 saturated carbocycles. The molecular formula is C24H26N5O5+. The van der Waals surface area contributed by atoms with Crippen molar-refractivity contribution in [3.8, 4) is 0 Å². The molecule has 3 saturated heterocycles. The van der Waals surface area contributed by atoms with Crippen LogP contribution in [-0.2, 0) is 19.9 Å². The number of nitrogens with one attached hydrogen (secondary N) is 1. The van der Waals surface area contributed by atoms with Crippen LogP contribution in [0.3, 0.4) is 0 Å². The highest BCUT2D eigenvalue weighted by Gasteiger charge is 2.51. The van der Waals surface area contributed by atoms with Crippen molar-refractivity contribution in [1.82, 2.24) is 15.0 Å². The highest BCUT2D eigenvalue weighted by atomic mass is 16.6. The Kier molecular flexibility index (Phi) is 5.84. The summed E-state index contributed by atoms with van der Waals surface area (Å²) in [4.78, 5) is 37.8. The monoisotopic (exact) mass is 464 g/mol. The van der Waals surface area contributed by atoms with Crippen molar-refractivity contribution in [3.63, 3.8) is 0 Å². The van der Waals surface area contributed by atoms with E-state index in [2.05, 4.69) is 20.3 Å². The minimum atomic E-state index is -1.98. The van der Waals surface area contributed by atoms with Crippen LogP contribution in [0.15, 0.2) is 66.0 Å². The lowest BCUT2D eigenvalue weighted by Crippen LogP contribution is -2.66. The van der Waals surface area contributed by atoms with E-state index in [9.17, 15) is 14.7 Å². The molecule has 1 amide bonds. The largest absolute Gasteiger partial charge is 0.472 e. The number of esters is 1. The van der Waals surface area contributed by atoms with Crippen molar-refractivity contribution in [2.45, 2.75) is 24.5 Å². The average Bonchev–Trinajstić information content (AvgIpc) is 3.40. The van der Waals surface area contributed by atoms with Gasteiger partial charge in [-0.1, -0.05) is 30.3 Å². The van der Waals surface area contributed by atoms with Gasteiger partial charge >= 0.3 is 5.97 Å². The van der Waals surface area contributed by atoms with Crippen LogP contribution in [0.5, 0.6) is 0 Å². The first-order valence-corrected chi connectivity index (χ1v) is 11.3. The molecule has 176 valence electrons. The molecule has 3 aromatic rings. The fourth-order valence-corrected chi connectivity index (χ4v) is 5.12. The highest BCUT2D eigenvalue weighted by Crippen LogP contribution is 2.38. The number of carbonyl (C=O) groups is 2. The van der Waals surface area contributed by atoms with Gasteiger partial charge in [-0.2, -0.15) is 0 Å². The lowest BCUT2D eigenvalue weighted by Gasteiger charge is -2.51. The average molecular weight is 465 g/mol. The molecule has 0 aliphatic carbocycles. The number of hydrogen-bond acceptors (Lipinski definition) is 8. The van der Waals surface area contributed by atoms with E-state index >= 15 is 0 Å². The molecule has 3 aliphatic rings. The zero-order chi connectivity index (χ0) is 23.6. The molecule has 34 heavy (non-hydrogen) atoms. The van der Waals surface area contributed by atoms with Gasteiger partial charge in [0, 0.05) is 24.3 Å².